The molecule has 5 rings (SSSR count). The van der Waals surface area contributed by atoms with Crippen LogP contribution in [-0.2, 0) is 0 Å². The predicted octanol–water partition coefficient (Wildman–Crippen LogP) is 3.38. The molecule has 118 valence electrons. The number of fused-ring (bicyclic) bond motifs is 5. The molecule has 2 aromatic carbocycles. The lowest BCUT2D eigenvalue weighted by molar-refractivity contribution is 0.587. The van der Waals surface area contributed by atoms with Crippen LogP contribution in [0.5, 0.6) is 0 Å². The fourth-order valence-corrected chi connectivity index (χ4v) is 4.89. The molecule has 0 radical (unpaired) electrons. The van der Waals surface area contributed by atoms with Gasteiger partial charge in [0.2, 0.25) is 0 Å². The fourth-order valence-electron chi connectivity index (χ4n) is 4.13. The zero-order valence-corrected chi connectivity index (χ0v) is 15.6. The molecule has 1 heterocycles. The van der Waals surface area contributed by atoms with Crippen molar-refractivity contribution in [1.82, 2.24) is 0 Å². The number of hydrogen-bond donors (Lipinski definition) is 0. The first-order valence-corrected chi connectivity index (χ1v) is 9.10. The van der Waals surface area contributed by atoms with Gasteiger partial charge in [-0.1, -0.05) is 61.9 Å². The summed E-state index contributed by atoms with van der Waals surface area (Å²) in [6, 6.07) is 14.6. The lowest BCUT2D eigenvalue weighted by Crippen LogP contribution is -2.37. The number of benzene rings is 2. The van der Waals surface area contributed by atoms with Crippen molar-refractivity contribution in [1.29, 1.82) is 0 Å². The Hall–Kier alpha value is -1.77. The summed E-state index contributed by atoms with van der Waals surface area (Å²) in [6.07, 6.45) is 2.34. The second-order valence-electron chi connectivity index (χ2n) is 6.97. The Bertz CT molecular complexity index is 1290. The van der Waals surface area contributed by atoms with Gasteiger partial charge in [-0.25, -0.2) is 0 Å². The summed E-state index contributed by atoms with van der Waals surface area (Å²) in [6.45, 7) is 4.51. The lowest BCUT2D eigenvalue weighted by Gasteiger charge is -2.28. The van der Waals surface area contributed by atoms with E-state index in [-0.39, 0.29) is 5.41 Å². The molecule has 3 heteroatoms. The van der Waals surface area contributed by atoms with Crippen molar-refractivity contribution in [3.8, 4) is 0 Å². The Kier molecular flexibility index (Phi) is 2.82. The quantitative estimate of drug-likeness (QED) is 0.567. The maximum absolute atomic E-state index is 6.88. The van der Waals surface area contributed by atoms with Crippen LogP contribution >= 0.6 is 27.5 Å². The van der Waals surface area contributed by atoms with E-state index in [9.17, 15) is 0 Å². The van der Waals surface area contributed by atoms with Gasteiger partial charge in [0, 0.05) is 26.8 Å². The van der Waals surface area contributed by atoms with Crippen molar-refractivity contribution < 1.29 is 4.42 Å². The first kappa shape index (κ1) is 14.6. The summed E-state index contributed by atoms with van der Waals surface area (Å²) in [5, 5.41) is 6.70. The third-order valence-corrected chi connectivity index (χ3v) is 5.80. The molecule has 0 saturated carbocycles. The van der Waals surface area contributed by atoms with Crippen molar-refractivity contribution in [2.75, 3.05) is 0 Å². The minimum absolute atomic E-state index is 0.0796. The van der Waals surface area contributed by atoms with E-state index in [1.807, 2.05) is 18.2 Å². The summed E-state index contributed by atoms with van der Waals surface area (Å²) >= 11 is 10.3. The van der Waals surface area contributed by atoms with E-state index in [1.54, 1.807) is 0 Å². The standard InChI is InChI=1S/C21H14BrClO/c1-21(2)10-11-7-8-15-14(9-16(22)24-15)17(11)18-19(21)12-5-3-4-6-13(12)20(18)23/h3-10H,1-2H3. The number of furan rings is 1. The van der Waals surface area contributed by atoms with Crippen LogP contribution in [0.3, 0.4) is 0 Å². The van der Waals surface area contributed by atoms with Crippen LogP contribution in [0.25, 0.3) is 33.2 Å². The average Bonchev–Trinajstić information content (AvgIpc) is 3.05. The molecule has 0 saturated heterocycles. The van der Waals surface area contributed by atoms with Crippen molar-refractivity contribution in [2.45, 2.75) is 13.8 Å². The van der Waals surface area contributed by atoms with Crippen molar-refractivity contribution in [3.63, 3.8) is 0 Å². The molecule has 24 heavy (non-hydrogen) atoms. The second kappa shape index (κ2) is 4.65. The summed E-state index contributed by atoms with van der Waals surface area (Å²) in [4.78, 5) is 0. The smallest absolute Gasteiger partial charge is 0.170 e. The zero-order valence-electron chi connectivity index (χ0n) is 13.3. The average molecular weight is 398 g/mol. The van der Waals surface area contributed by atoms with E-state index in [2.05, 4.69) is 60.1 Å². The number of hydrogen-bond acceptors (Lipinski definition) is 1. The molecule has 2 aliphatic carbocycles. The van der Waals surface area contributed by atoms with E-state index < -0.39 is 0 Å². The molecule has 0 spiro atoms. The first-order valence-electron chi connectivity index (χ1n) is 7.93. The molecule has 0 unspecified atom stereocenters. The number of halogens is 2. The van der Waals surface area contributed by atoms with Crippen molar-refractivity contribution in [3.05, 3.63) is 68.0 Å². The van der Waals surface area contributed by atoms with Crippen LogP contribution < -0.4 is 20.9 Å². The first-order chi connectivity index (χ1) is 11.5. The monoisotopic (exact) mass is 396 g/mol. The van der Waals surface area contributed by atoms with Gasteiger partial charge in [-0.3, -0.25) is 0 Å². The van der Waals surface area contributed by atoms with E-state index in [1.165, 1.54) is 21.2 Å². The third kappa shape index (κ3) is 1.76. The van der Waals surface area contributed by atoms with Gasteiger partial charge in [0.05, 0.1) is 5.03 Å². The molecule has 1 aromatic heterocycles. The highest BCUT2D eigenvalue weighted by Crippen LogP contribution is 2.42. The highest BCUT2D eigenvalue weighted by molar-refractivity contribution is 9.10. The summed E-state index contributed by atoms with van der Waals surface area (Å²) in [5.41, 5.74) is 3.25. The summed E-state index contributed by atoms with van der Waals surface area (Å²) < 4.78 is 6.51. The molecule has 2 aliphatic rings. The molecule has 0 amide bonds. The molecule has 0 aliphatic heterocycles. The minimum atomic E-state index is -0.0796. The van der Waals surface area contributed by atoms with E-state index in [0.29, 0.717) is 0 Å². The van der Waals surface area contributed by atoms with Gasteiger partial charge in [0.25, 0.3) is 0 Å². The van der Waals surface area contributed by atoms with Gasteiger partial charge >= 0.3 is 0 Å². The van der Waals surface area contributed by atoms with Crippen LogP contribution in [0.15, 0.2) is 51.6 Å². The minimum Gasteiger partial charge on any atom is -0.449 e. The van der Waals surface area contributed by atoms with Gasteiger partial charge < -0.3 is 4.42 Å². The largest absolute Gasteiger partial charge is 0.449 e. The topological polar surface area (TPSA) is 13.1 Å². The molecular formula is C21H14BrClO. The van der Waals surface area contributed by atoms with Gasteiger partial charge in [-0.15, -0.1) is 0 Å². The van der Waals surface area contributed by atoms with E-state index in [4.69, 9.17) is 16.0 Å². The second-order valence-corrected chi connectivity index (χ2v) is 8.13. The van der Waals surface area contributed by atoms with Crippen LogP contribution in [-0.4, -0.2) is 0 Å². The van der Waals surface area contributed by atoms with Crippen molar-refractivity contribution in [2.24, 2.45) is 5.41 Å². The van der Waals surface area contributed by atoms with Gasteiger partial charge in [-0.2, -0.15) is 0 Å². The molecule has 3 aromatic rings. The summed E-state index contributed by atoms with van der Waals surface area (Å²) in [5.74, 6) is 0. The molecule has 0 atom stereocenters. The van der Waals surface area contributed by atoms with Crippen LogP contribution in [0.4, 0.5) is 0 Å². The molecule has 0 fully saturated rings. The van der Waals surface area contributed by atoms with Gasteiger partial charge in [0.15, 0.2) is 4.67 Å². The number of rotatable bonds is 0. The molecule has 0 N–H and O–H groups in total. The van der Waals surface area contributed by atoms with Gasteiger partial charge in [0.1, 0.15) is 5.58 Å². The SMILES string of the molecule is CC1(C)C=c2ccc3oc(Br)cc3c2=C2C(Cl)=c3ccccc3=C21. The van der Waals surface area contributed by atoms with Crippen LogP contribution in [0, 0.1) is 5.41 Å². The maximum Gasteiger partial charge on any atom is 0.170 e. The Balaban J connectivity index is 2.17. The Morgan fingerprint density at radius 3 is 2.58 bits per heavy atom. The van der Waals surface area contributed by atoms with E-state index >= 15 is 0 Å². The molecule has 1 nitrogen and oxygen atoms in total. The molecular weight excluding hydrogens is 384 g/mol. The van der Waals surface area contributed by atoms with Crippen molar-refractivity contribution >= 4 is 60.8 Å². The summed E-state index contributed by atoms with van der Waals surface area (Å²) in [7, 11) is 0. The Labute approximate surface area is 152 Å². The zero-order chi connectivity index (χ0) is 16.6. The van der Waals surface area contributed by atoms with E-state index in [0.717, 1.165) is 31.5 Å². The van der Waals surface area contributed by atoms with Crippen LogP contribution in [0.2, 0.25) is 0 Å². The normalized spacial score (nSPS) is 17.6. The Morgan fingerprint density at radius 1 is 1.04 bits per heavy atom. The van der Waals surface area contributed by atoms with Crippen LogP contribution in [0.1, 0.15) is 13.8 Å². The highest BCUT2D eigenvalue weighted by Gasteiger charge is 2.33. The maximum atomic E-state index is 6.88. The molecule has 0 bridgehead atoms. The Morgan fingerprint density at radius 2 is 1.79 bits per heavy atom. The van der Waals surface area contributed by atoms with Gasteiger partial charge in [-0.05, 0) is 44.1 Å². The fraction of sp³-hybridized carbons (Fsp3) is 0.143. The third-order valence-electron chi connectivity index (χ3n) is 5.02. The predicted molar refractivity (Wildman–Crippen MR) is 103 cm³/mol. The highest BCUT2D eigenvalue weighted by atomic mass is 79.9. The lowest BCUT2D eigenvalue weighted by atomic mass is 9.75.